The van der Waals surface area contributed by atoms with Gasteiger partial charge in [0.2, 0.25) is 0 Å². The van der Waals surface area contributed by atoms with Gasteiger partial charge in [0.25, 0.3) is 5.91 Å². The normalized spacial score (nSPS) is 11.4. The summed E-state index contributed by atoms with van der Waals surface area (Å²) in [5.74, 6) is -1.54. The molecule has 0 saturated heterocycles. The van der Waals surface area contributed by atoms with Gasteiger partial charge in [0.15, 0.2) is 6.61 Å². The van der Waals surface area contributed by atoms with E-state index in [-0.39, 0.29) is 21.3 Å². The van der Waals surface area contributed by atoms with Gasteiger partial charge in [-0.15, -0.1) is 0 Å². The molecule has 0 atom stereocenters. The van der Waals surface area contributed by atoms with E-state index >= 15 is 0 Å². The van der Waals surface area contributed by atoms with Gasteiger partial charge in [0.05, 0.1) is 21.3 Å². The monoisotopic (exact) mass is 417 g/mol. The fraction of sp³-hybridized carbons (Fsp3) is 0.111. The fourth-order valence-corrected chi connectivity index (χ4v) is 2.30. The smallest absolute Gasteiger partial charge is 0.416 e. The Bertz CT molecular complexity index is 882. The van der Waals surface area contributed by atoms with Crippen LogP contribution in [0, 0.1) is 0 Å². The highest BCUT2D eigenvalue weighted by molar-refractivity contribution is 6.44. The van der Waals surface area contributed by atoms with Crippen molar-refractivity contribution in [3.63, 3.8) is 0 Å². The van der Waals surface area contributed by atoms with Gasteiger partial charge in [0.1, 0.15) is 0 Å². The molecule has 0 aliphatic rings. The van der Waals surface area contributed by atoms with Crippen molar-refractivity contribution < 1.29 is 27.5 Å². The van der Waals surface area contributed by atoms with Crippen LogP contribution in [-0.4, -0.2) is 18.5 Å². The van der Waals surface area contributed by atoms with Crippen molar-refractivity contribution in [2.24, 2.45) is 0 Å². The molecule has 2 aromatic carbocycles. The Balaban J connectivity index is 1.90. The number of benzene rings is 2. The topological polar surface area (TPSA) is 55.4 Å². The third-order valence-corrected chi connectivity index (χ3v) is 4.02. The maximum Gasteiger partial charge on any atom is 0.416 e. The molecule has 0 saturated carbocycles. The third kappa shape index (κ3) is 6.30. The summed E-state index contributed by atoms with van der Waals surface area (Å²) in [5.41, 5.74) is -0.419. The number of anilines is 1. The summed E-state index contributed by atoms with van der Waals surface area (Å²) in [5, 5.41) is 2.81. The minimum absolute atomic E-state index is 0.142. The van der Waals surface area contributed by atoms with Gasteiger partial charge in [0, 0.05) is 6.08 Å². The zero-order valence-electron chi connectivity index (χ0n) is 13.5. The molecule has 2 rings (SSSR count). The average Bonchev–Trinajstić information content (AvgIpc) is 2.61. The van der Waals surface area contributed by atoms with Gasteiger partial charge >= 0.3 is 12.1 Å². The third-order valence-electron chi connectivity index (χ3n) is 3.20. The number of rotatable bonds is 5. The Labute approximate surface area is 162 Å². The molecule has 27 heavy (non-hydrogen) atoms. The summed E-state index contributed by atoms with van der Waals surface area (Å²) in [4.78, 5) is 23.4. The predicted octanol–water partition coefficient (Wildman–Crippen LogP) is 5.21. The van der Waals surface area contributed by atoms with Crippen LogP contribution in [0.2, 0.25) is 10.0 Å². The van der Waals surface area contributed by atoms with Gasteiger partial charge in [-0.2, -0.15) is 13.2 Å². The van der Waals surface area contributed by atoms with E-state index in [0.717, 1.165) is 24.3 Å². The van der Waals surface area contributed by atoms with Gasteiger partial charge < -0.3 is 10.1 Å². The van der Waals surface area contributed by atoms with Gasteiger partial charge in [-0.05, 0) is 35.9 Å². The highest BCUT2D eigenvalue weighted by Crippen LogP contribution is 2.30. The maximum absolute atomic E-state index is 12.6. The van der Waals surface area contributed by atoms with E-state index < -0.39 is 30.2 Å². The van der Waals surface area contributed by atoms with Crippen LogP contribution in [0.1, 0.15) is 11.1 Å². The molecule has 0 aromatic heterocycles. The molecule has 1 amide bonds. The van der Waals surface area contributed by atoms with E-state index in [1.54, 1.807) is 6.07 Å². The number of carbonyl (C=O) groups is 2. The number of alkyl halides is 3. The van der Waals surface area contributed by atoms with E-state index in [4.69, 9.17) is 27.9 Å². The van der Waals surface area contributed by atoms with Crippen molar-refractivity contribution in [2.75, 3.05) is 11.9 Å². The SMILES string of the molecule is O=C(COC(=O)/C=C/c1cccc(C(F)(F)F)c1)Nc1cccc(Cl)c1Cl. The molecule has 0 spiro atoms. The molecule has 142 valence electrons. The van der Waals surface area contributed by atoms with E-state index in [0.29, 0.717) is 0 Å². The number of esters is 1. The van der Waals surface area contributed by atoms with Crippen molar-refractivity contribution in [1.29, 1.82) is 0 Å². The van der Waals surface area contributed by atoms with Crippen molar-refractivity contribution in [3.8, 4) is 0 Å². The highest BCUT2D eigenvalue weighted by Gasteiger charge is 2.30. The zero-order valence-corrected chi connectivity index (χ0v) is 15.0. The zero-order chi connectivity index (χ0) is 20.0. The second kappa shape index (κ2) is 8.92. The number of nitrogens with one attached hydrogen (secondary N) is 1. The van der Waals surface area contributed by atoms with Crippen LogP contribution in [-0.2, 0) is 20.5 Å². The van der Waals surface area contributed by atoms with Crippen LogP contribution in [0.4, 0.5) is 18.9 Å². The van der Waals surface area contributed by atoms with Crippen LogP contribution < -0.4 is 5.32 Å². The molecule has 0 unspecified atom stereocenters. The quantitative estimate of drug-likeness (QED) is 0.536. The Morgan fingerprint density at radius 2 is 1.81 bits per heavy atom. The first-order valence-electron chi connectivity index (χ1n) is 7.43. The first kappa shape index (κ1) is 20.8. The lowest BCUT2D eigenvalue weighted by atomic mass is 10.1. The Morgan fingerprint density at radius 1 is 1.11 bits per heavy atom. The molecule has 2 aromatic rings. The number of amides is 1. The summed E-state index contributed by atoms with van der Waals surface area (Å²) in [6.45, 7) is -0.603. The maximum atomic E-state index is 12.6. The predicted molar refractivity (Wildman–Crippen MR) is 96.5 cm³/mol. The van der Waals surface area contributed by atoms with Crippen LogP contribution in [0.5, 0.6) is 0 Å². The van der Waals surface area contributed by atoms with Crippen LogP contribution in [0.15, 0.2) is 48.5 Å². The lowest BCUT2D eigenvalue weighted by Gasteiger charge is -2.08. The Hall–Kier alpha value is -2.51. The lowest BCUT2D eigenvalue weighted by Crippen LogP contribution is -2.20. The number of ether oxygens (including phenoxy) is 1. The molecule has 0 bridgehead atoms. The summed E-state index contributed by atoms with van der Waals surface area (Å²) in [6, 6.07) is 9.05. The highest BCUT2D eigenvalue weighted by atomic mass is 35.5. The van der Waals surface area contributed by atoms with Crippen molar-refractivity contribution >= 4 is 46.8 Å². The van der Waals surface area contributed by atoms with Gasteiger partial charge in [-0.3, -0.25) is 4.79 Å². The van der Waals surface area contributed by atoms with Gasteiger partial charge in [-0.1, -0.05) is 41.4 Å². The summed E-state index contributed by atoms with van der Waals surface area (Å²) in [7, 11) is 0. The molecule has 4 nitrogen and oxygen atoms in total. The van der Waals surface area contributed by atoms with Crippen molar-refractivity contribution in [2.45, 2.75) is 6.18 Å². The van der Waals surface area contributed by atoms with Crippen molar-refractivity contribution in [1.82, 2.24) is 0 Å². The van der Waals surface area contributed by atoms with E-state index in [9.17, 15) is 22.8 Å². The number of halogens is 5. The number of carbonyl (C=O) groups excluding carboxylic acids is 2. The molecule has 0 radical (unpaired) electrons. The molecule has 0 heterocycles. The van der Waals surface area contributed by atoms with E-state index in [2.05, 4.69) is 5.32 Å². The van der Waals surface area contributed by atoms with Crippen LogP contribution in [0.3, 0.4) is 0 Å². The second-order valence-corrected chi connectivity index (χ2v) is 6.00. The molecule has 1 N–H and O–H groups in total. The number of hydrogen-bond acceptors (Lipinski definition) is 3. The average molecular weight is 418 g/mol. The van der Waals surface area contributed by atoms with Crippen LogP contribution in [0.25, 0.3) is 6.08 Å². The van der Waals surface area contributed by atoms with Crippen LogP contribution >= 0.6 is 23.2 Å². The minimum atomic E-state index is -4.48. The molecular formula is C18H12Cl2F3NO3. The first-order valence-corrected chi connectivity index (χ1v) is 8.18. The standard InChI is InChI=1S/C18H12Cl2F3NO3/c19-13-5-2-6-14(17(13)20)24-15(25)10-27-16(26)8-7-11-3-1-4-12(9-11)18(21,22)23/h1-9H,10H2,(H,24,25)/b8-7+. The Morgan fingerprint density at radius 3 is 2.52 bits per heavy atom. The summed E-state index contributed by atoms with van der Waals surface area (Å²) < 4.78 is 42.6. The summed E-state index contributed by atoms with van der Waals surface area (Å²) >= 11 is 11.7. The largest absolute Gasteiger partial charge is 0.452 e. The van der Waals surface area contributed by atoms with E-state index in [1.165, 1.54) is 24.3 Å². The molecule has 9 heteroatoms. The molecule has 0 aliphatic heterocycles. The van der Waals surface area contributed by atoms with Crippen molar-refractivity contribution in [3.05, 3.63) is 69.7 Å². The fourth-order valence-electron chi connectivity index (χ4n) is 1.95. The molecule has 0 aliphatic carbocycles. The van der Waals surface area contributed by atoms with E-state index in [1.807, 2.05) is 0 Å². The Kier molecular flexibility index (Phi) is 6.87. The first-order chi connectivity index (χ1) is 12.7. The molecule has 0 fully saturated rings. The number of hydrogen-bond donors (Lipinski definition) is 1. The van der Waals surface area contributed by atoms with Gasteiger partial charge in [-0.25, -0.2) is 4.79 Å². The molecular weight excluding hydrogens is 406 g/mol. The second-order valence-electron chi connectivity index (χ2n) is 5.21. The lowest BCUT2D eigenvalue weighted by molar-refractivity contribution is -0.142. The minimum Gasteiger partial charge on any atom is -0.452 e. The summed E-state index contributed by atoms with van der Waals surface area (Å²) in [6.07, 6.45) is -2.40.